The molecule has 0 fully saturated rings. The Balaban J connectivity index is 1.42. The largest absolute Gasteiger partial charge is 0.417 e. The van der Waals surface area contributed by atoms with E-state index in [0.717, 1.165) is 28.5 Å². The highest BCUT2D eigenvalue weighted by Gasteiger charge is 2.33. The van der Waals surface area contributed by atoms with E-state index in [-0.39, 0.29) is 28.7 Å². The average molecular weight is 599 g/mol. The molecule has 0 saturated heterocycles. The van der Waals surface area contributed by atoms with Crippen LogP contribution in [0, 0.1) is 5.92 Å². The molecule has 1 aliphatic carbocycles. The van der Waals surface area contributed by atoms with Gasteiger partial charge in [0.05, 0.1) is 17.2 Å². The van der Waals surface area contributed by atoms with Crippen LogP contribution in [-0.4, -0.2) is 17.6 Å². The lowest BCUT2D eigenvalue weighted by molar-refractivity contribution is -0.137. The number of halogens is 3. The highest BCUT2D eigenvalue weighted by atomic mass is 19.4. The minimum Gasteiger partial charge on any atom is -0.356 e. The number of nitrogens with one attached hydrogen (secondary N) is 1. The first-order valence-electron chi connectivity index (χ1n) is 14.9. The molecule has 0 aliphatic heterocycles. The molecule has 7 heteroatoms. The molecule has 0 spiro atoms. The van der Waals surface area contributed by atoms with Gasteiger partial charge in [0, 0.05) is 24.1 Å². The molecule has 1 N–H and O–H groups in total. The summed E-state index contributed by atoms with van der Waals surface area (Å²) in [4.78, 5) is 12.3. The van der Waals surface area contributed by atoms with Crippen LogP contribution < -0.4 is 5.32 Å². The minimum absolute atomic E-state index is 0.0184. The van der Waals surface area contributed by atoms with E-state index >= 15 is 0 Å². The Bertz CT molecular complexity index is 1660. The second kappa shape index (κ2) is 12.7. The van der Waals surface area contributed by atoms with Crippen molar-refractivity contribution in [3.63, 3.8) is 0 Å². The molecule has 2 atom stereocenters. The number of hydrogen-bond donors (Lipinski definition) is 1. The van der Waals surface area contributed by atoms with E-state index in [2.05, 4.69) is 61.6 Å². The van der Waals surface area contributed by atoms with Gasteiger partial charge in [-0.1, -0.05) is 116 Å². The molecule has 1 aliphatic rings. The summed E-state index contributed by atoms with van der Waals surface area (Å²) in [5.41, 5.74) is 4.88. The molecule has 0 bridgehead atoms. The molecule has 0 radical (unpaired) electrons. The van der Waals surface area contributed by atoms with Crippen LogP contribution in [0.2, 0.25) is 0 Å². The summed E-state index contributed by atoms with van der Waals surface area (Å²) in [6.45, 7) is 9.05. The number of amides is 1. The van der Waals surface area contributed by atoms with Gasteiger partial charge < -0.3 is 9.84 Å². The Kier molecular flexibility index (Phi) is 8.95. The number of carbonyl (C=O) groups excluding carboxylic acids is 1. The monoisotopic (exact) mass is 598 g/mol. The maximum atomic E-state index is 13.6. The standard InChI is InChI=1S/C37H37F3N2O2/c1-5-41-35(43)28-12-10-24(11-13-28)22-31(26-18-20-29(21-19-26)36(2,3)4)33-23-34(44-42-33)27-16-14-25(15-17-27)30-8-6-7-9-32(30)37(38,39)40/h6-12,14-21,23,28,31H,5,13,22H2,1-4H3,(H,41,43). The third kappa shape index (κ3) is 7.04. The predicted octanol–water partition coefficient (Wildman–Crippen LogP) is 9.49. The summed E-state index contributed by atoms with van der Waals surface area (Å²) >= 11 is 0. The van der Waals surface area contributed by atoms with E-state index in [0.29, 0.717) is 30.7 Å². The zero-order chi connectivity index (χ0) is 31.5. The van der Waals surface area contributed by atoms with Crippen LogP contribution in [0.1, 0.15) is 68.8 Å². The fourth-order valence-corrected chi connectivity index (χ4v) is 5.55. The van der Waals surface area contributed by atoms with Crippen molar-refractivity contribution in [2.75, 3.05) is 6.54 Å². The first kappa shape index (κ1) is 31.0. The SMILES string of the molecule is CCNC(=O)C1C=CC(CC(c2ccc(C(C)(C)C)cc2)c2cc(-c3ccc(-c4ccccc4C(F)(F)F)cc3)on2)=CC1. The Labute approximate surface area is 256 Å². The summed E-state index contributed by atoms with van der Waals surface area (Å²) < 4.78 is 46.5. The molecule has 1 amide bonds. The van der Waals surface area contributed by atoms with Crippen molar-refractivity contribution in [2.24, 2.45) is 5.92 Å². The van der Waals surface area contributed by atoms with Gasteiger partial charge in [0.1, 0.15) is 0 Å². The summed E-state index contributed by atoms with van der Waals surface area (Å²) in [5, 5.41) is 7.35. The first-order valence-corrected chi connectivity index (χ1v) is 14.9. The van der Waals surface area contributed by atoms with Crippen molar-refractivity contribution in [1.29, 1.82) is 0 Å². The molecular formula is C37H37F3N2O2. The maximum absolute atomic E-state index is 13.6. The number of aromatic nitrogens is 1. The van der Waals surface area contributed by atoms with E-state index in [4.69, 9.17) is 4.52 Å². The smallest absolute Gasteiger partial charge is 0.356 e. The third-order valence-electron chi connectivity index (χ3n) is 8.08. The van der Waals surface area contributed by atoms with Gasteiger partial charge in [-0.3, -0.25) is 4.79 Å². The second-order valence-corrected chi connectivity index (χ2v) is 12.2. The summed E-state index contributed by atoms with van der Waals surface area (Å²) in [5.74, 6) is 0.295. The van der Waals surface area contributed by atoms with E-state index in [1.807, 2.05) is 25.1 Å². The number of hydrogen-bond acceptors (Lipinski definition) is 3. The molecule has 4 nitrogen and oxygen atoms in total. The number of rotatable bonds is 8. The maximum Gasteiger partial charge on any atom is 0.417 e. The normalized spacial score (nSPS) is 16.0. The van der Waals surface area contributed by atoms with E-state index in [9.17, 15) is 18.0 Å². The van der Waals surface area contributed by atoms with Crippen LogP contribution >= 0.6 is 0 Å². The molecule has 44 heavy (non-hydrogen) atoms. The van der Waals surface area contributed by atoms with Crippen LogP contribution in [0.3, 0.4) is 0 Å². The zero-order valence-corrected chi connectivity index (χ0v) is 25.4. The number of benzene rings is 3. The third-order valence-corrected chi connectivity index (χ3v) is 8.08. The molecule has 2 unspecified atom stereocenters. The molecule has 5 rings (SSSR count). The fraction of sp³-hybridized carbons (Fsp3) is 0.297. The van der Waals surface area contributed by atoms with Crippen LogP contribution in [0.15, 0.2) is 107 Å². The van der Waals surface area contributed by atoms with Crippen molar-refractivity contribution in [3.8, 4) is 22.5 Å². The molecule has 3 aromatic carbocycles. The van der Waals surface area contributed by atoms with Crippen LogP contribution in [0.25, 0.3) is 22.5 Å². The lowest BCUT2D eigenvalue weighted by Gasteiger charge is -2.22. The fourth-order valence-electron chi connectivity index (χ4n) is 5.55. The average Bonchev–Trinajstić information content (AvgIpc) is 3.50. The van der Waals surface area contributed by atoms with Gasteiger partial charge in [-0.2, -0.15) is 13.2 Å². The van der Waals surface area contributed by atoms with Crippen molar-refractivity contribution in [1.82, 2.24) is 10.5 Å². The second-order valence-electron chi connectivity index (χ2n) is 12.2. The van der Waals surface area contributed by atoms with Gasteiger partial charge in [-0.15, -0.1) is 0 Å². The summed E-state index contributed by atoms with van der Waals surface area (Å²) in [7, 11) is 0. The molecule has 4 aromatic rings. The van der Waals surface area contributed by atoms with E-state index in [1.165, 1.54) is 17.7 Å². The Morgan fingerprint density at radius 2 is 1.66 bits per heavy atom. The van der Waals surface area contributed by atoms with Crippen LogP contribution in [-0.2, 0) is 16.4 Å². The molecule has 1 aromatic heterocycles. The number of alkyl halides is 3. The zero-order valence-electron chi connectivity index (χ0n) is 25.4. The van der Waals surface area contributed by atoms with Crippen molar-refractivity contribution < 1.29 is 22.5 Å². The van der Waals surface area contributed by atoms with Crippen LogP contribution in [0.4, 0.5) is 13.2 Å². The topological polar surface area (TPSA) is 55.1 Å². The van der Waals surface area contributed by atoms with Crippen molar-refractivity contribution in [2.45, 2.75) is 58.0 Å². The van der Waals surface area contributed by atoms with Gasteiger partial charge in [-0.25, -0.2) is 0 Å². The number of nitrogens with zero attached hydrogens (tertiary/aromatic N) is 1. The Morgan fingerprint density at radius 1 is 0.977 bits per heavy atom. The highest BCUT2D eigenvalue weighted by molar-refractivity contribution is 5.81. The lowest BCUT2D eigenvalue weighted by atomic mass is 9.82. The minimum atomic E-state index is -4.44. The van der Waals surface area contributed by atoms with Crippen LogP contribution in [0.5, 0.6) is 0 Å². The summed E-state index contributed by atoms with van der Waals surface area (Å²) in [6.07, 6.45) is 2.98. The van der Waals surface area contributed by atoms with Gasteiger partial charge in [0.15, 0.2) is 5.76 Å². The first-order chi connectivity index (χ1) is 20.9. The molecule has 228 valence electrons. The lowest BCUT2D eigenvalue weighted by Crippen LogP contribution is -2.29. The van der Waals surface area contributed by atoms with Crippen molar-refractivity contribution in [3.05, 3.63) is 125 Å². The van der Waals surface area contributed by atoms with Gasteiger partial charge in [-0.05, 0) is 53.5 Å². The van der Waals surface area contributed by atoms with E-state index in [1.54, 1.807) is 30.3 Å². The van der Waals surface area contributed by atoms with Gasteiger partial charge in [0.2, 0.25) is 5.91 Å². The van der Waals surface area contributed by atoms with Crippen molar-refractivity contribution >= 4 is 5.91 Å². The van der Waals surface area contributed by atoms with Gasteiger partial charge >= 0.3 is 6.18 Å². The predicted molar refractivity (Wildman–Crippen MR) is 168 cm³/mol. The number of carbonyl (C=O) groups is 1. The quantitative estimate of drug-likeness (QED) is 0.220. The Hall–Kier alpha value is -4.39. The highest BCUT2D eigenvalue weighted by Crippen LogP contribution is 2.39. The Morgan fingerprint density at radius 3 is 2.27 bits per heavy atom. The number of allylic oxidation sites excluding steroid dienone is 3. The molecule has 0 saturated carbocycles. The summed E-state index contributed by atoms with van der Waals surface area (Å²) in [6, 6.07) is 22.9. The molecular weight excluding hydrogens is 561 g/mol. The van der Waals surface area contributed by atoms with Gasteiger partial charge in [0.25, 0.3) is 0 Å². The van der Waals surface area contributed by atoms with E-state index < -0.39 is 11.7 Å². The molecule has 1 heterocycles.